The minimum absolute atomic E-state index is 0.254. The summed E-state index contributed by atoms with van der Waals surface area (Å²) >= 11 is 4.88. The Kier molecular flexibility index (Phi) is 6.60. The largest absolute Gasteiger partial charge is 0.460 e. The first kappa shape index (κ1) is 20.2. The monoisotopic (exact) mass is 403 g/mol. The van der Waals surface area contributed by atoms with Crippen molar-refractivity contribution in [1.29, 1.82) is 5.26 Å². The Bertz CT molecular complexity index is 826. The molecule has 3 rings (SSSR count). The molecule has 1 aromatic carbocycles. The number of aliphatic hydroxyl groups is 1. The summed E-state index contributed by atoms with van der Waals surface area (Å²) in [5.74, 6) is -1.25. The van der Waals surface area contributed by atoms with Gasteiger partial charge in [-0.1, -0.05) is 23.9 Å². The summed E-state index contributed by atoms with van der Waals surface area (Å²) < 4.78 is 20.1. The van der Waals surface area contributed by atoms with E-state index in [9.17, 15) is 9.18 Å². The lowest BCUT2D eigenvalue weighted by Crippen LogP contribution is -2.32. The van der Waals surface area contributed by atoms with Crippen LogP contribution in [-0.4, -0.2) is 48.4 Å². The minimum Gasteiger partial charge on any atom is -0.460 e. The molecule has 6 nitrogen and oxygen atoms in total. The van der Waals surface area contributed by atoms with Crippen LogP contribution in [0.15, 0.2) is 29.8 Å². The van der Waals surface area contributed by atoms with E-state index in [2.05, 4.69) is 5.32 Å². The standard InChI is InChI=1S/C20H22FN3O3S/c21-17-9-14(16-10-15(27-20(16)26)11-23-19(28)12-25)1-2-18(17)24-7-4-13(3-6-22)5-8-24/h1-3,9,15-16,25H,4-5,7-8,10-12H2,(H,23,28)/t15-,16?/m0/s1. The molecule has 1 unspecified atom stereocenters. The minimum atomic E-state index is -0.510. The second-order valence-corrected chi connectivity index (χ2v) is 7.43. The third kappa shape index (κ3) is 4.66. The number of ether oxygens (including phenoxy) is 1. The normalized spacial score (nSPS) is 21.8. The second kappa shape index (κ2) is 9.13. The number of carbonyl (C=O) groups is 1. The zero-order chi connectivity index (χ0) is 20.1. The van der Waals surface area contributed by atoms with Gasteiger partial charge in [0.25, 0.3) is 0 Å². The number of anilines is 1. The van der Waals surface area contributed by atoms with E-state index in [1.54, 1.807) is 18.2 Å². The van der Waals surface area contributed by atoms with Gasteiger partial charge in [-0.25, -0.2) is 4.39 Å². The number of nitriles is 1. The van der Waals surface area contributed by atoms with Gasteiger partial charge < -0.3 is 20.1 Å². The van der Waals surface area contributed by atoms with Crippen molar-refractivity contribution in [3.63, 3.8) is 0 Å². The maximum atomic E-state index is 14.7. The van der Waals surface area contributed by atoms with Gasteiger partial charge in [0.2, 0.25) is 0 Å². The van der Waals surface area contributed by atoms with E-state index in [1.807, 2.05) is 11.0 Å². The molecule has 28 heavy (non-hydrogen) atoms. The highest BCUT2D eigenvalue weighted by atomic mass is 32.1. The van der Waals surface area contributed by atoms with Crippen LogP contribution in [0, 0.1) is 17.1 Å². The SMILES string of the molecule is N#CC=C1CCN(c2ccc(C3C[C@@H](CNC(=S)CO)OC3=O)cc2F)CC1. The smallest absolute Gasteiger partial charge is 0.313 e. The van der Waals surface area contributed by atoms with Crippen molar-refractivity contribution in [2.75, 3.05) is 31.1 Å². The van der Waals surface area contributed by atoms with Gasteiger partial charge in [-0.15, -0.1) is 0 Å². The molecular weight excluding hydrogens is 381 g/mol. The van der Waals surface area contributed by atoms with E-state index in [4.69, 9.17) is 27.3 Å². The molecule has 148 valence electrons. The first-order chi connectivity index (χ1) is 13.5. The molecule has 2 heterocycles. The van der Waals surface area contributed by atoms with E-state index < -0.39 is 5.92 Å². The average Bonchev–Trinajstić information content (AvgIpc) is 3.07. The van der Waals surface area contributed by atoms with Gasteiger partial charge in [0.05, 0.1) is 30.8 Å². The number of esters is 1. The number of thiocarbonyl (C=S) groups is 1. The first-order valence-electron chi connectivity index (χ1n) is 9.21. The predicted molar refractivity (Wildman–Crippen MR) is 106 cm³/mol. The summed E-state index contributed by atoms with van der Waals surface area (Å²) in [5, 5.41) is 20.5. The van der Waals surface area contributed by atoms with Crippen LogP contribution >= 0.6 is 12.2 Å². The molecule has 8 heteroatoms. The number of rotatable bonds is 5. The van der Waals surface area contributed by atoms with E-state index in [0.717, 1.165) is 18.4 Å². The van der Waals surface area contributed by atoms with E-state index >= 15 is 0 Å². The lowest BCUT2D eigenvalue weighted by Gasteiger charge is -2.30. The van der Waals surface area contributed by atoms with Crippen LogP contribution in [0.3, 0.4) is 0 Å². The Morgan fingerprint density at radius 3 is 2.86 bits per heavy atom. The lowest BCUT2D eigenvalue weighted by atomic mass is 9.94. The molecule has 0 aliphatic carbocycles. The number of allylic oxidation sites excluding steroid dienone is 1. The van der Waals surface area contributed by atoms with Gasteiger partial charge in [-0.05, 0) is 30.5 Å². The number of aliphatic hydroxyl groups excluding tert-OH is 1. The predicted octanol–water partition coefficient (Wildman–Crippen LogP) is 2.18. The molecule has 2 atom stereocenters. The summed E-state index contributed by atoms with van der Waals surface area (Å²) in [7, 11) is 0. The van der Waals surface area contributed by atoms with Crippen molar-refractivity contribution < 1.29 is 19.0 Å². The lowest BCUT2D eigenvalue weighted by molar-refractivity contribution is -0.142. The molecule has 2 saturated heterocycles. The number of piperidine rings is 1. The fraction of sp³-hybridized carbons (Fsp3) is 0.450. The van der Waals surface area contributed by atoms with Gasteiger partial charge in [-0.2, -0.15) is 5.26 Å². The third-order valence-corrected chi connectivity index (χ3v) is 5.40. The zero-order valence-corrected chi connectivity index (χ0v) is 16.2. The van der Waals surface area contributed by atoms with Crippen LogP contribution in [-0.2, 0) is 9.53 Å². The summed E-state index contributed by atoms with van der Waals surface area (Å²) in [6.45, 7) is 1.40. The van der Waals surface area contributed by atoms with Gasteiger partial charge in [0, 0.05) is 25.6 Å². The number of hydrogen-bond donors (Lipinski definition) is 2. The second-order valence-electron chi connectivity index (χ2n) is 6.94. The van der Waals surface area contributed by atoms with Gasteiger partial charge in [0.1, 0.15) is 16.9 Å². The van der Waals surface area contributed by atoms with E-state index in [0.29, 0.717) is 42.3 Å². The number of carbonyl (C=O) groups excluding carboxylic acids is 1. The molecule has 2 aliphatic heterocycles. The Balaban J connectivity index is 1.64. The van der Waals surface area contributed by atoms with Crippen LogP contribution in [0.2, 0.25) is 0 Å². The fourth-order valence-corrected chi connectivity index (χ4v) is 3.68. The molecule has 0 aromatic heterocycles. The van der Waals surface area contributed by atoms with Crippen molar-refractivity contribution in [2.24, 2.45) is 0 Å². The Labute approximate surface area is 168 Å². The van der Waals surface area contributed by atoms with Crippen molar-refractivity contribution in [2.45, 2.75) is 31.3 Å². The number of halogens is 1. The van der Waals surface area contributed by atoms with Crippen molar-refractivity contribution in [3.8, 4) is 6.07 Å². The number of cyclic esters (lactones) is 1. The topological polar surface area (TPSA) is 85.6 Å². The number of hydrogen-bond acceptors (Lipinski definition) is 6. The van der Waals surface area contributed by atoms with Crippen molar-refractivity contribution in [1.82, 2.24) is 5.32 Å². The highest BCUT2D eigenvalue weighted by molar-refractivity contribution is 7.80. The van der Waals surface area contributed by atoms with Gasteiger partial charge in [-0.3, -0.25) is 4.79 Å². The van der Waals surface area contributed by atoms with Gasteiger partial charge >= 0.3 is 5.97 Å². The number of nitrogens with zero attached hydrogens (tertiary/aromatic N) is 2. The highest BCUT2D eigenvalue weighted by Gasteiger charge is 2.36. The first-order valence-corrected chi connectivity index (χ1v) is 9.62. The van der Waals surface area contributed by atoms with E-state index in [1.165, 1.54) is 6.07 Å². The maximum Gasteiger partial charge on any atom is 0.313 e. The van der Waals surface area contributed by atoms with Crippen LogP contribution in [0.4, 0.5) is 10.1 Å². The Morgan fingerprint density at radius 1 is 1.46 bits per heavy atom. The molecular formula is C20H22FN3O3S. The molecule has 2 aliphatic rings. The van der Waals surface area contributed by atoms with Crippen LogP contribution in [0.1, 0.15) is 30.7 Å². The van der Waals surface area contributed by atoms with Crippen LogP contribution in [0.5, 0.6) is 0 Å². The Hall–Kier alpha value is -2.50. The number of nitrogens with one attached hydrogen (secondary N) is 1. The Morgan fingerprint density at radius 2 is 2.21 bits per heavy atom. The average molecular weight is 403 g/mol. The molecule has 2 fully saturated rings. The molecule has 0 amide bonds. The quantitative estimate of drug-likeness (QED) is 0.443. The molecule has 0 bridgehead atoms. The maximum absolute atomic E-state index is 14.7. The zero-order valence-electron chi connectivity index (χ0n) is 15.4. The molecule has 0 radical (unpaired) electrons. The van der Waals surface area contributed by atoms with Crippen LogP contribution < -0.4 is 10.2 Å². The van der Waals surface area contributed by atoms with Gasteiger partial charge in [0.15, 0.2) is 0 Å². The number of benzene rings is 1. The summed E-state index contributed by atoms with van der Waals surface area (Å²) in [4.78, 5) is 14.5. The molecule has 0 spiro atoms. The highest BCUT2D eigenvalue weighted by Crippen LogP contribution is 2.33. The van der Waals surface area contributed by atoms with Crippen molar-refractivity contribution in [3.05, 3.63) is 41.2 Å². The third-order valence-electron chi connectivity index (χ3n) is 5.13. The summed E-state index contributed by atoms with van der Waals surface area (Å²) in [5.41, 5.74) is 2.20. The summed E-state index contributed by atoms with van der Waals surface area (Å²) in [6, 6.07) is 6.95. The van der Waals surface area contributed by atoms with Crippen LogP contribution in [0.25, 0.3) is 0 Å². The van der Waals surface area contributed by atoms with E-state index in [-0.39, 0.29) is 24.5 Å². The molecule has 2 N–H and O–H groups in total. The molecule has 0 saturated carbocycles. The summed E-state index contributed by atoms with van der Waals surface area (Å²) in [6.07, 6.45) is 3.13. The fourth-order valence-electron chi connectivity index (χ4n) is 3.60. The van der Waals surface area contributed by atoms with Crippen molar-refractivity contribution >= 4 is 28.9 Å². The molecule has 1 aromatic rings.